The van der Waals surface area contributed by atoms with Crippen molar-refractivity contribution in [2.24, 2.45) is 5.41 Å². The summed E-state index contributed by atoms with van der Waals surface area (Å²) in [5.41, 5.74) is 0.598. The molecule has 2 nitrogen and oxygen atoms in total. The van der Waals surface area contributed by atoms with Crippen molar-refractivity contribution in [2.45, 2.75) is 33.1 Å². The summed E-state index contributed by atoms with van der Waals surface area (Å²) in [5, 5.41) is 3.34. The van der Waals surface area contributed by atoms with Gasteiger partial charge in [-0.3, -0.25) is 0 Å². The van der Waals surface area contributed by atoms with Crippen LogP contribution in [0.5, 0.6) is 0 Å². The van der Waals surface area contributed by atoms with E-state index in [2.05, 4.69) is 31.1 Å². The fourth-order valence-electron chi connectivity index (χ4n) is 2.37. The fourth-order valence-corrected chi connectivity index (χ4v) is 2.37. The van der Waals surface area contributed by atoms with E-state index in [4.69, 9.17) is 0 Å². The molecule has 0 aliphatic carbocycles. The van der Waals surface area contributed by atoms with Crippen LogP contribution in [-0.2, 0) is 0 Å². The van der Waals surface area contributed by atoms with E-state index in [1.54, 1.807) is 0 Å². The molecule has 2 heteroatoms. The molecule has 0 unspecified atom stereocenters. The van der Waals surface area contributed by atoms with Gasteiger partial charge in [-0.1, -0.05) is 13.8 Å². The van der Waals surface area contributed by atoms with Crippen molar-refractivity contribution in [1.82, 2.24) is 10.2 Å². The lowest BCUT2D eigenvalue weighted by atomic mass is 9.76. The predicted molar refractivity (Wildman–Crippen MR) is 58.0 cm³/mol. The van der Waals surface area contributed by atoms with Crippen molar-refractivity contribution in [2.75, 3.05) is 33.2 Å². The molecule has 78 valence electrons. The molecule has 0 aromatic rings. The number of nitrogens with one attached hydrogen (secondary N) is 1. The van der Waals surface area contributed by atoms with Crippen molar-refractivity contribution in [3.05, 3.63) is 0 Å². The van der Waals surface area contributed by atoms with Gasteiger partial charge in [0.05, 0.1) is 0 Å². The highest BCUT2D eigenvalue weighted by Crippen LogP contribution is 2.33. The molecular weight excluding hydrogens is 160 g/mol. The SMILES string of the molecule is CCN1CCC(CC)(CNC)CC1. The first kappa shape index (κ1) is 11.0. The Kier molecular flexibility index (Phi) is 4.20. The van der Waals surface area contributed by atoms with E-state index in [9.17, 15) is 0 Å². The molecular formula is C11H24N2. The first-order chi connectivity index (χ1) is 6.26. The van der Waals surface area contributed by atoms with Crippen LogP contribution >= 0.6 is 0 Å². The molecule has 1 aliphatic rings. The molecule has 0 atom stereocenters. The monoisotopic (exact) mass is 184 g/mol. The third-order valence-electron chi connectivity index (χ3n) is 3.67. The lowest BCUT2D eigenvalue weighted by molar-refractivity contribution is 0.104. The van der Waals surface area contributed by atoms with Gasteiger partial charge >= 0.3 is 0 Å². The second kappa shape index (κ2) is 4.97. The molecule has 0 saturated carbocycles. The van der Waals surface area contributed by atoms with Crippen LogP contribution in [0.2, 0.25) is 0 Å². The molecule has 0 amide bonds. The molecule has 1 saturated heterocycles. The van der Waals surface area contributed by atoms with Gasteiger partial charge in [-0.25, -0.2) is 0 Å². The predicted octanol–water partition coefficient (Wildman–Crippen LogP) is 1.72. The Morgan fingerprint density at radius 1 is 1.23 bits per heavy atom. The number of hydrogen-bond acceptors (Lipinski definition) is 2. The fraction of sp³-hybridized carbons (Fsp3) is 1.00. The average molecular weight is 184 g/mol. The van der Waals surface area contributed by atoms with E-state index in [1.807, 2.05) is 0 Å². The van der Waals surface area contributed by atoms with E-state index in [1.165, 1.54) is 45.4 Å². The Labute approximate surface area is 82.7 Å². The Balaban J connectivity index is 2.42. The first-order valence-corrected chi connectivity index (χ1v) is 5.63. The van der Waals surface area contributed by atoms with E-state index < -0.39 is 0 Å². The lowest BCUT2D eigenvalue weighted by Gasteiger charge is -2.41. The Bertz CT molecular complexity index is 137. The summed E-state index contributed by atoms with van der Waals surface area (Å²) >= 11 is 0. The topological polar surface area (TPSA) is 15.3 Å². The van der Waals surface area contributed by atoms with Crippen LogP contribution in [-0.4, -0.2) is 38.1 Å². The van der Waals surface area contributed by atoms with Crippen LogP contribution in [0, 0.1) is 5.41 Å². The zero-order valence-corrected chi connectivity index (χ0v) is 9.40. The first-order valence-electron chi connectivity index (χ1n) is 5.63. The molecule has 1 heterocycles. The third-order valence-corrected chi connectivity index (χ3v) is 3.67. The van der Waals surface area contributed by atoms with Crippen molar-refractivity contribution in [1.29, 1.82) is 0 Å². The van der Waals surface area contributed by atoms with Crippen LogP contribution in [0.3, 0.4) is 0 Å². The molecule has 1 fully saturated rings. The van der Waals surface area contributed by atoms with Crippen LogP contribution in [0.15, 0.2) is 0 Å². The highest BCUT2D eigenvalue weighted by Gasteiger charge is 2.31. The smallest absolute Gasteiger partial charge is 0.000566 e. The van der Waals surface area contributed by atoms with Crippen molar-refractivity contribution in [3.63, 3.8) is 0 Å². The highest BCUT2D eigenvalue weighted by atomic mass is 15.1. The molecule has 13 heavy (non-hydrogen) atoms. The molecule has 1 rings (SSSR count). The minimum absolute atomic E-state index is 0.598. The molecule has 0 bridgehead atoms. The summed E-state index contributed by atoms with van der Waals surface area (Å²) < 4.78 is 0. The highest BCUT2D eigenvalue weighted by molar-refractivity contribution is 4.86. The second-order valence-corrected chi connectivity index (χ2v) is 4.32. The summed E-state index contributed by atoms with van der Waals surface area (Å²) in [7, 11) is 2.07. The summed E-state index contributed by atoms with van der Waals surface area (Å²) in [6.45, 7) is 9.61. The Morgan fingerprint density at radius 3 is 2.23 bits per heavy atom. The molecule has 0 radical (unpaired) electrons. The zero-order valence-electron chi connectivity index (χ0n) is 9.40. The van der Waals surface area contributed by atoms with Crippen molar-refractivity contribution in [3.8, 4) is 0 Å². The quantitative estimate of drug-likeness (QED) is 0.715. The van der Waals surface area contributed by atoms with Crippen molar-refractivity contribution < 1.29 is 0 Å². The standard InChI is InChI=1S/C11H24N2/c1-4-11(10-12-3)6-8-13(5-2)9-7-11/h12H,4-10H2,1-3H3. The van der Waals surface area contributed by atoms with Gasteiger partial charge in [0.15, 0.2) is 0 Å². The average Bonchev–Trinajstić information content (AvgIpc) is 2.19. The molecule has 0 aromatic heterocycles. The second-order valence-electron chi connectivity index (χ2n) is 4.32. The molecule has 1 N–H and O–H groups in total. The number of likely N-dealkylation sites (tertiary alicyclic amines) is 1. The number of hydrogen-bond donors (Lipinski definition) is 1. The summed E-state index contributed by atoms with van der Waals surface area (Å²) in [4.78, 5) is 2.56. The van der Waals surface area contributed by atoms with Crippen LogP contribution in [0.1, 0.15) is 33.1 Å². The van der Waals surface area contributed by atoms with Gasteiger partial charge in [0, 0.05) is 6.54 Å². The maximum absolute atomic E-state index is 3.34. The van der Waals surface area contributed by atoms with Gasteiger partial charge in [0.25, 0.3) is 0 Å². The molecule has 1 aliphatic heterocycles. The van der Waals surface area contributed by atoms with Gasteiger partial charge in [-0.05, 0) is 51.4 Å². The molecule has 0 spiro atoms. The van der Waals surface area contributed by atoms with Gasteiger partial charge in [-0.15, -0.1) is 0 Å². The lowest BCUT2D eigenvalue weighted by Crippen LogP contribution is -2.44. The van der Waals surface area contributed by atoms with E-state index >= 15 is 0 Å². The minimum atomic E-state index is 0.598. The van der Waals surface area contributed by atoms with E-state index in [0.29, 0.717) is 5.41 Å². The maximum Gasteiger partial charge on any atom is 0.000566 e. The minimum Gasteiger partial charge on any atom is -0.319 e. The van der Waals surface area contributed by atoms with E-state index in [0.717, 1.165) is 0 Å². The number of nitrogens with zero attached hydrogens (tertiary/aromatic N) is 1. The zero-order chi connectivity index (χ0) is 9.73. The number of rotatable bonds is 4. The van der Waals surface area contributed by atoms with Crippen LogP contribution in [0.25, 0.3) is 0 Å². The van der Waals surface area contributed by atoms with Gasteiger partial charge in [0.1, 0.15) is 0 Å². The molecule has 0 aromatic carbocycles. The maximum atomic E-state index is 3.34. The summed E-state index contributed by atoms with van der Waals surface area (Å²) in [6, 6.07) is 0. The van der Waals surface area contributed by atoms with Gasteiger partial charge in [-0.2, -0.15) is 0 Å². The largest absolute Gasteiger partial charge is 0.319 e. The Morgan fingerprint density at radius 2 is 1.85 bits per heavy atom. The third kappa shape index (κ3) is 2.68. The normalized spacial score (nSPS) is 23.3. The van der Waals surface area contributed by atoms with Gasteiger partial charge < -0.3 is 10.2 Å². The van der Waals surface area contributed by atoms with Crippen LogP contribution < -0.4 is 5.32 Å². The Hall–Kier alpha value is -0.0800. The van der Waals surface area contributed by atoms with Gasteiger partial charge in [0.2, 0.25) is 0 Å². The summed E-state index contributed by atoms with van der Waals surface area (Å²) in [5.74, 6) is 0. The van der Waals surface area contributed by atoms with E-state index in [-0.39, 0.29) is 0 Å². The van der Waals surface area contributed by atoms with Crippen molar-refractivity contribution >= 4 is 0 Å². The number of piperidine rings is 1. The van der Waals surface area contributed by atoms with Crippen LogP contribution in [0.4, 0.5) is 0 Å². The summed E-state index contributed by atoms with van der Waals surface area (Å²) in [6.07, 6.45) is 4.07.